The van der Waals surface area contributed by atoms with Crippen LogP contribution in [0.1, 0.15) is 42.4 Å². The molecule has 27 heavy (non-hydrogen) atoms. The van der Waals surface area contributed by atoms with Gasteiger partial charge in [-0.15, -0.1) is 10.2 Å². The number of phenolic OH excluding ortho intramolecular Hbond substituents is 1. The van der Waals surface area contributed by atoms with Crippen molar-refractivity contribution in [1.82, 2.24) is 10.2 Å². The zero-order valence-corrected chi connectivity index (χ0v) is 15.1. The first-order chi connectivity index (χ1) is 12.7. The molecular formula is C19H22F3N3O2. The van der Waals surface area contributed by atoms with E-state index in [1.54, 1.807) is 13.8 Å². The van der Waals surface area contributed by atoms with Gasteiger partial charge in [0, 0.05) is 0 Å². The van der Waals surface area contributed by atoms with Crippen molar-refractivity contribution < 1.29 is 23.4 Å². The number of alkyl halides is 3. The molecule has 3 N–H and O–H groups in total. The molecule has 0 saturated heterocycles. The average Bonchev–Trinajstić information content (AvgIpc) is 2.60. The van der Waals surface area contributed by atoms with Crippen LogP contribution in [0.2, 0.25) is 0 Å². The molecular weight excluding hydrogens is 359 g/mol. The smallest absolute Gasteiger partial charge is 0.417 e. The number of aliphatic hydroxyl groups is 1. The fraction of sp³-hybridized carbons (Fsp3) is 0.474. The van der Waals surface area contributed by atoms with Crippen molar-refractivity contribution in [2.45, 2.75) is 57.9 Å². The largest absolute Gasteiger partial charge is 0.507 e. The quantitative estimate of drug-likeness (QED) is 0.743. The lowest BCUT2D eigenvalue weighted by atomic mass is 9.92. The number of nitrogens with zero attached hydrogens (tertiary/aromatic N) is 2. The third kappa shape index (κ3) is 3.85. The molecule has 0 spiro atoms. The van der Waals surface area contributed by atoms with Gasteiger partial charge in [0.2, 0.25) is 0 Å². The maximum atomic E-state index is 13.4. The number of anilines is 1. The predicted octanol–water partition coefficient (Wildman–Crippen LogP) is 4.20. The van der Waals surface area contributed by atoms with Gasteiger partial charge in [-0.05, 0) is 49.9 Å². The number of hydrogen-bond donors (Lipinski definition) is 3. The van der Waals surface area contributed by atoms with Gasteiger partial charge < -0.3 is 15.5 Å². The number of halogens is 3. The maximum absolute atomic E-state index is 13.4. The first kappa shape index (κ1) is 19.4. The number of aromatic nitrogens is 2. The number of aliphatic hydroxyl groups excluding tert-OH is 1. The molecule has 0 aliphatic heterocycles. The standard InChI is InChI=1S/C19H22F3N3O2/c1-10-11(2)18(23-13-7-3-4-8-14(13)26)25-24-17(10)16-12(19(20,21)22)6-5-9-15(16)27/h5-6,9,13-14,26-27H,3-4,7-8H2,1-2H3,(H,23,25)/t13-,14-/m1/s1. The lowest BCUT2D eigenvalue weighted by Crippen LogP contribution is -2.37. The van der Waals surface area contributed by atoms with Gasteiger partial charge in [-0.2, -0.15) is 13.2 Å². The Morgan fingerprint density at radius 3 is 2.44 bits per heavy atom. The summed E-state index contributed by atoms with van der Waals surface area (Å²) in [5.41, 5.74) is -0.211. The Hall–Kier alpha value is -2.35. The summed E-state index contributed by atoms with van der Waals surface area (Å²) < 4.78 is 40.1. The monoisotopic (exact) mass is 381 g/mol. The van der Waals surface area contributed by atoms with Gasteiger partial charge in [0.25, 0.3) is 0 Å². The molecule has 0 bridgehead atoms. The Balaban J connectivity index is 2.02. The Kier molecular flexibility index (Phi) is 5.28. The van der Waals surface area contributed by atoms with Crippen LogP contribution in [-0.2, 0) is 6.18 Å². The zero-order chi connectivity index (χ0) is 19.8. The van der Waals surface area contributed by atoms with Gasteiger partial charge in [-0.25, -0.2) is 0 Å². The first-order valence-electron chi connectivity index (χ1n) is 8.88. The fourth-order valence-electron chi connectivity index (χ4n) is 3.46. The van der Waals surface area contributed by atoms with E-state index in [9.17, 15) is 23.4 Å². The van der Waals surface area contributed by atoms with Crippen LogP contribution in [0.3, 0.4) is 0 Å². The summed E-state index contributed by atoms with van der Waals surface area (Å²) >= 11 is 0. The molecule has 0 unspecified atom stereocenters. The second-order valence-corrected chi connectivity index (χ2v) is 6.95. The van der Waals surface area contributed by atoms with Gasteiger partial charge >= 0.3 is 6.18 Å². The van der Waals surface area contributed by atoms with Crippen molar-refractivity contribution in [2.75, 3.05) is 5.32 Å². The number of hydrogen-bond acceptors (Lipinski definition) is 5. The van der Waals surface area contributed by atoms with E-state index in [-0.39, 0.29) is 17.3 Å². The van der Waals surface area contributed by atoms with Gasteiger partial charge in [0.05, 0.1) is 23.3 Å². The fourth-order valence-corrected chi connectivity index (χ4v) is 3.46. The molecule has 1 aliphatic rings. The highest BCUT2D eigenvalue weighted by Crippen LogP contribution is 2.42. The van der Waals surface area contributed by atoms with Crippen LogP contribution in [0.25, 0.3) is 11.3 Å². The van der Waals surface area contributed by atoms with Crippen molar-refractivity contribution >= 4 is 5.82 Å². The van der Waals surface area contributed by atoms with Gasteiger partial charge in [0.1, 0.15) is 11.4 Å². The molecule has 3 rings (SSSR count). The summed E-state index contributed by atoms with van der Waals surface area (Å²) in [6, 6.07) is 3.10. The highest BCUT2D eigenvalue weighted by molar-refractivity contribution is 5.75. The summed E-state index contributed by atoms with van der Waals surface area (Å²) in [6.07, 6.45) is -1.66. The van der Waals surface area contributed by atoms with Crippen molar-refractivity contribution in [3.8, 4) is 17.0 Å². The molecule has 2 atom stereocenters. The van der Waals surface area contributed by atoms with Crippen LogP contribution in [-0.4, -0.2) is 32.6 Å². The molecule has 2 aromatic rings. The molecule has 1 fully saturated rings. The SMILES string of the molecule is Cc1c(N[C@@H]2CCCC[C@H]2O)nnc(-c2c(O)cccc2C(F)(F)F)c1C. The van der Waals surface area contributed by atoms with E-state index in [1.807, 2.05) is 0 Å². The molecule has 1 aromatic carbocycles. The Labute approximate surface area is 155 Å². The number of benzene rings is 1. The third-order valence-corrected chi connectivity index (χ3v) is 5.16. The van der Waals surface area contributed by atoms with E-state index in [0.29, 0.717) is 23.4 Å². The van der Waals surface area contributed by atoms with Crippen LogP contribution < -0.4 is 5.32 Å². The molecule has 1 saturated carbocycles. The van der Waals surface area contributed by atoms with E-state index in [2.05, 4.69) is 15.5 Å². The lowest BCUT2D eigenvalue weighted by molar-refractivity contribution is -0.137. The van der Waals surface area contributed by atoms with Crippen molar-refractivity contribution in [2.24, 2.45) is 0 Å². The number of aromatic hydroxyl groups is 1. The number of rotatable bonds is 3. The maximum Gasteiger partial charge on any atom is 0.417 e. The second-order valence-electron chi connectivity index (χ2n) is 6.95. The Morgan fingerprint density at radius 1 is 1.07 bits per heavy atom. The van der Waals surface area contributed by atoms with E-state index in [1.165, 1.54) is 6.07 Å². The zero-order valence-electron chi connectivity index (χ0n) is 15.1. The molecule has 1 heterocycles. The molecule has 5 nitrogen and oxygen atoms in total. The lowest BCUT2D eigenvalue weighted by Gasteiger charge is -2.29. The topological polar surface area (TPSA) is 78.3 Å². The summed E-state index contributed by atoms with van der Waals surface area (Å²) in [4.78, 5) is 0. The predicted molar refractivity (Wildman–Crippen MR) is 95.5 cm³/mol. The summed E-state index contributed by atoms with van der Waals surface area (Å²) in [5.74, 6) is -0.0591. The highest BCUT2D eigenvalue weighted by Gasteiger charge is 2.36. The normalized spacial score (nSPS) is 20.5. The number of phenols is 1. The van der Waals surface area contributed by atoms with E-state index in [0.717, 1.165) is 31.4 Å². The molecule has 146 valence electrons. The second kappa shape index (κ2) is 7.34. The molecule has 1 aliphatic carbocycles. The average molecular weight is 381 g/mol. The minimum absolute atomic E-state index is 0.00679. The molecule has 1 aromatic heterocycles. The third-order valence-electron chi connectivity index (χ3n) is 5.16. The van der Waals surface area contributed by atoms with Crippen molar-refractivity contribution in [3.05, 3.63) is 34.9 Å². The Morgan fingerprint density at radius 2 is 1.78 bits per heavy atom. The van der Waals surface area contributed by atoms with Crippen LogP contribution in [0.5, 0.6) is 5.75 Å². The van der Waals surface area contributed by atoms with E-state index >= 15 is 0 Å². The number of nitrogens with one attached hydrogen (secondary N) is 1. The summed E-state index contributed by atoms with van der Waals surface area (Å²) in [5, 5.41) is 31.4. The molecule has 8 heteroatoms. The van der Waals surface area contributed by atoms with E-state index in [4.69, 9.17) is 0 Å². The van der Waals surface area contributed by atoms with Crippen LogP contribution in [0.4, 0.5) is 19.0 Å². The highest BCUT2D eigenvalue weighted by atomic mass is 19.4. The minimum atomic E-state index is -4.63. The van der Waals surface area contributed by atoms with E-state index < -0.39 is 23.6 Å². The minimum Gasteiger partial charge on any atom is -0.507 e. The molecule has 0 radical (unpaired) electrons. The van der Waals surface area contributed by atoms with Crippen molar-refractivity contribution in [3.63, 3.8) is 0 Å². The van der Waals surface area contributed by atoms with Crippen LogP contribution in [0, 0.1) is 13.8 Å². The summed E-state index contributed by atoms with van der Waals surface area (Å²) in [6.45, 7) is 3.38. The van der Waals surface area contributed by atoms with Crippen LogP contribution >= 0.6 is 0 Å². The van der Waals surface area contributed by atoms with Gasteiger partial charge in [0.15, 0.2) is 5.82 Å². The Bertz CT molecular complexity index is 840. The molecule has 0 amide bonds. The summed E-state index contributed by atoms with van der Waals surface area (Å²) in [7, 11) is 0. The van der Waals surface area contributed by atoms with Gasteiger partial charge in [-0.3, -0.25) is 0 Å². The van der Waals surface area contributed by atoms with Gasteiger partial charge in [-0.1, -0.05) is 18.9 Å². The van der Waals surface area contributed by atoms with Crippen molar-refractivity contribution in [1.29, 1.82) is 0 Å². The van der Waals surface area contributed by atoms with Crippen LogP contribution in [0.15, 0.2) is 18.2 Å². The first-order valence-corrected chi connectivity index (χ1v) is 8.88.